The Morgan fingerprint density at radius 2 is 2.07 bits per heavy atom. The van der Waals surface area contributed by atoms with Gasteiger partial charge in [0, 0.05) is 18.3 Å². The van der Waals surface area contributed by atoms with Crippen LogP contribution in [0.1, 0.15) is 18.5 Å². The summed E-state index contributed by atoms with van der Waals surface area (Å²) in [6.07, 6.45) is 3.97. The number of hydrogen-bond donors (Lipinski definition) is 2. The summed E-state index contributed by atoms with van der Waals surface area (Å²) in [6, 6.07) is 7.31. The predicted molar refractivity (Wildman–Crippen MR) is 99.7 cm³/mol. The van der Waals surface area contributed by atoms with Gasteiger partial charge in [0.1, 0.15) is 11.6 Å². The molecule has 0 amide bonds. The Labute approximate surface area is 178 Å². The third kappa shape index (κ3) is 5.05. The van der Waals surface area contributed by atoms with Crippen molar-refractivity contribution in [1.82, 2.24) is 19.7 Å². The Kier molecular flexibility index (Phi) is 6.17. The molecule has 0 aliphatic heterocycles. The average Bonchev–Trinajstić information content (AvgIpc) is 3.36. The maximum atomic E-state index is 13.2. The fraction of sp³-hybridized carbons (Fsp3) is 0.294. The molecule has 1 aromatic carbocycles. The van der Waals surface area contributed by atoms with Crippen molar-refractivity contribution in [2.45, 2.75) is 24.5 Å². The molecule has 1 saturated carbocycles. The topological polar surface area (TPSA) is 97.0 Å². The van der Waals surface area contributed by atoms with Crippen molar-refractivity contribution in [2.75, 3.05) is 6.61 Å². The van der Waals surface area contributed by atoms with Crippen molar-refractivity contribution in [1.29, 1.82) is 0 Å². The molecule has 27 heavy (non-hydrogen) atoms. The molecule has 7 nitrogen and oxygen atoms in total. The van der Waals surface area contributed by atoms with E-state index in [0.717, 1.165) is 0 Å². The van der Waals surface area contributed by atoms with Gasteiger partial charge in [-0.15, -0.1) is 0 Å². The number of nitrogens with one attached hydrogen (secondary N) is 2. The van der Waals surface area contributed by atoms with Crippen LogP contribution < -0.4 is 9.46 Å². The van der Waals surface area contributed by atoms with Gasteiger partial charge >= 0.3 is 29.6 Å². The SMILES string of the molecule is O=S(=O)(NCc1cc(OCC2CC2)ccn1)c1nc2cc(F)ccc2[nH]1.[NaH]. The van der Waals surface area contributed by atoms with Crippen LogP contribution in [0.4, 0.5) is 4.39 Å². The van der Waals surface area contributed by atoms with Gasteiger partial charge in [0.2, 0.25) is 5.16 Å². The van der Waals surface area contributed by atoms with Crippen LogP contribution in [0.2, 0.25) is 0 Å². The van der Waals surface area contributed by atoms with Gasteiger partial charge in [-0.05, 0) is 37.0 Å². The number of pyridine rings is 1. The van der Waals surface area contributed by atoms with E-state index in [1.54, 1.807) is 18.3 Å². The third-order valence-corrected chi connectivity index (χ3v) is 5.32. The summed E-state index contributed by atoms with van der Waals surface area (Å²) in [5.41, 5.74) is 1.23. The summed E-state index contributed by atoms with van der Waals surface area (Å²) in [7, 11) is -3.88. The number of rotatable bonds is 7. The number of imidazole rings is 1. The number of ether oxygens (including phenoxy) is 1. The van der Waals surface area contributed by atoms with Crippen LogP contribution in [0.25, 0.3) is 11.0 Å². The van der Waals surface area contributed by atoms with E-state index >= 15 is 0 Å². The van der Waals surface area contributed by atoms with Crippen molar-refractivity contribution in [3.05, 3.63) is 48.0 Å². The van der Waals surface area contributed by atoms with Gasteiger partial charge in [0.05, 0.1) is 29.9 Å². The molecule has 0 radical (unpaired) electrons. The number of aromatic nitrogens is 3. The normalized spacial score (nSPS) is 14.1. The Bertz CT molecular complexity index is 1050. The van der Waals surface area contributed by atoms with Gasteiger partial charge in [0.25, 0.3) is 10.0 Å². The van der Waals surface area contributed by atoms with Crippen molar-refractivity contribution in [3.8, 4) is 5.75 Å². The fourth-order valence-corrected chi connectivity index (χ4v) is 3.40. The maximum absolute atomic E-state index is 13.2. The molecule has 4 rings (SSSR count). The molecular formula is C17H18FN4NaO3S. The molecular weight excluding hydrogens is 382 g/mol. The van der Waals surface area contributed by atoms with Crippen molar-refractivity contribution in [3.63, 3.8) is 0 Å². The quantitative estimate of drug-likeness (QED) is 0.589. The second-order valence-corrected chi connectivity index (χ2v) is 7.95. The molecule has 138 valence electrons. The summed E-state index contributed by atoms with van der Waals surface area (Å²) in [4.78, 5) is 10.8. The second-order valence-electron chi connectivity index (χ2n) is 6.27. The van der Waals surface area contributed by atoms with Crippen LogP contribution in [0.5, 0.6) is 5.75 Å². The molecule has 2 aromatic heterocycles. The van der Waals surface area contributed by atoms with Crippen LogP contribution in [-0.4, -0.2) is 59.5 Å². The van der Waals surface area contributed by atoms with E-state index in [9.17, 15) is 12.8 Å². The number of sulfonamides is 1. The van der Waals surface area contributed by atoms with E-state index in [2.05, 4.69) is 19.7 Å². The Balaban J connectivity index is 0.00000210. The number of benzene rings is 1. The second kappa shape index (κ2) is 8.24. The summed E-state index contributed by atoms with van der Waals surface area (Å²) in [6.45, 7) is 0.666. The van der Waals surface area contributed by atoms with Gasteiger partial charge in [0.15, 0.2) is 0 Å². The van der Waals surface area contributed by atoms with Gasteiger partial charge in [-0.25, -0.2) is 22.5 Å². The van der Waals surface area contributed by atoms with E-state index in [0.29, 0.717) is 29.5 Å². The number of H-pyrrole nitrogens is 1. The van der Waals surface area contributed by atoms with Crippen molar-refractivity contribution >= 4 is 50.6 Å². The van der Waals surface area contributed by atoms with Gasteiger partial charge in [-0.1, -0.05) is 0 Å². The molecule has 10 heteroatoms. The first kappa shape index (κ1) is 20.2. The number of aromatic amines is 1. The molecule has 1 fully saturated rings. The van der Waals surface area contributed by atoms with E-state index in [1.807, 2.05) is 0 Å². The zero-order chi connectivity index (χ0) is 18.1. The first-order chi connectivity index (χ1) is 12.5. The summed E-state index contributed by atoms with van der Waals surface area (Å²) < 4.78 is 46.2. The molecule has 2 heterocycles. The molecule has 0 spiro atoms. The zero-order valence-corrected chi connectivity index (χ0v) is 14.6. The average molecular weight is 400 g/mol. The van der Waals surface area contributed by atoms with E-state index in [-0.39, 0.29) is 46.8 Å². The Morgan fingerprint density at radius 3 is 2.85 bits per heavy atom. The van der Waals surface area contributed by atoms with E-state index < -0.39 is 15.8 Å². The molecule has 2 N–H and O–H groups in total. The first-order valence-electron chi connectivity index (χ1n) is 8.22. The van der Waals surface area contributed by atoms with Crippen LogP contribution in [-0.2, 0) is 16.6 Å². The fourth-order valence-electron chi connectivity index (χ4n) is 2.46. The van der Waals surface area contributed by atoms with Crippen LogP contribution in [0.3, 0.4) is 0 Å². The van der Waals surface area contributed by atoms with Crippen LogP contribution >= 0.6 is 0 Å². The number of halogens is 1. The minimum absolute atomic E-state index is 0. The minimum atomic E-state index is -3.88. The van der Waals surface area contributed by atoms with Gasteiger partial charge < -0.3 is 9.72 Å². The number of fused-ring (bicyclic) bond motifs is 1. The van der Waals surface area contributed by atoms with E-state index in [4.69, 9.17) is 4.74 Å². The molecule has 0 unspecified atom stereocenters. The Morgan fingerprint density at radius 1 is 1.26 bits per heavy atom. The molecule has 0 atom stereocenters. The number of nitrogens with zero attached hydrogens (tertiary/aromatic N) is 2. The van der Waals surface area contributed by atoms with Crippen LogP contribution in [0, 0.1) is 11.7 Å². The summed E-state index contributed by atoms with van der Waals surface area (Å²) in [5, 5.41) is -0.265. The van der Waals surface area contributed by atoms with E-state index in [1.165, 1.54) is 31.0 Å². The monoisotopic (exact) mass is 400 g/mol. The third-order valence-electron chi connectivity index (χ3n) is 4.09. The summed E-state index contributed by atoms with van der Waals surface area (Å²) in [5.74, 6) is 0.816. The molecule has 0 bridgehead atoms. The van der Waals surface area contributed by atoms with Crippen LogP contribution in [0.15, 0.2) is 41.7 Å². The first-order valence-corrected chi connectivity index (χ1v) is 9.70. The molecule has 0 saturated heterocycles. The van der Waals surface area contributed by atoms with Gasteiger partial charge in [-0.2, -0.15) is 0 Å². The number of hydrogen-bond acceptors (Lipinski definition) is 5. The van der Waals surface area contributed by atoms with Crippen molar-refractivity contribution < 1.29 is 17.5 Å². The van der Waals surface area contributed by atoms with Crippen molar-refractivity contribution in [2.24, 2.45) is 5.92 Å². The molecule has 1 aliphatic carbocycles. The predicted octanol–water partition coefficient (Wildman–Crippen LogP) is 1.72. The van der Waals surface area contributed by atoms with Gasteiger partial charge in [-0.3, -0.25) is 4.98 Å². The zero-order valence-electron chi connectivity index (χ0n) is 13.8. The summed E-state index contributed by atoms with van der Waals surface area (Å²) >= 11 is 0. The Hall–Kier alpha value is -1.52. The standard InChI is InChI=1S/C17H17FN4O3S.Na.H/c18-12-3-4-15-16(7-12)22-17(21-15)26(23,24)20-9-13-8-14(5-6-19-13)25-10-11-1-2-11;;/h3-8,11,20H,1-2,9-10H2,(H,21,22);;. The molecule has 1 aliphatic rings. The molecule has 3 aromatic rings.